The average Bonchev–Trinajstić information content (AvgIpc) is 2.89. The molecule has 2 atom stereocenters. The Morgan fingerprint density at radius 3 is 2.76 bits per heavy atom. The second-order valence-electron chi connectivity index (χ2n) is 4.99. The van der Waals surface area contributed by atoms with Gasteiger partial charge in [-0.2, -0.15) is 0 Å². The van der Waals surface area contributed by atoms with Crippen LogP contribution in [0.15, 0.2) is 18.2 Å². The van der Waals surface area contributed by atoms with E-state index in [1.807, 2.05) is 0 Å². The number of urea groups is 1. The lowest BCUT2D eigenvalue weighted by Gasteiger charge is -2.14. The molecule has 1 saturated carbocycles. The number of hydrogen-bond acceptors (Lipinski definition) is 3. The zero-order chi connectivity index (χ0) is 15.4. The van der Waals surface area contributed by atoms with Crippen molar-refractivity contribution >= 4 is 29.3 Å². The number of benzene rings is 1. The summed E-state index contributed by atoms with van der Waals surface area (Å²) in [5, 5.41) is 14.8. The zero-order valence-electron chi connectivity index (χ0n) is 11.6. The number of amides is 2. The lowest BCUT2D eigenvalue weighted by atomic mass is 10.1. The highest BCUT2D eigenvalue weighted by Crippen LogP contribution is 2.28. The summed E-state index contributed by atoms with van der Waals surface area (Å²) in [5.41, 5.74) is 0.557. The van der Waals surface area contributed by atoms with Gasteiger partial charge in [0, 0.05) is 17.8 Å². The molecule has 1 aliphatic rings. The van der Waals surface area contributed by atoms with Crippen LogP contribution >= 0.6 is 11.6 Å². The topological polar surface area (TPSA) is 87.7 Å². The van der Waals surface area contributed by atoms with Gasteiger partial charge in [-0.1, -0.05) is 11.6 Å². The zero-order valence-corrected chi connectivity index (χ0v) is 12.3. The van der Waals surface area contributed by atoms with Crippen LogP contribution in [-0.2, 0) is 4.79 Å². The number of carbonyl (C=O) groups is 2. The monoisotopic (exact) mass is 312 g/mol. The number of aliphatic carboxylic acids is 1. The van der Waals surface area contributed by atoms with Gasteiger partial charge in [-0.05, 0) is 31.4 Å². The third-order valence-corrected chi connectivity index (χ3v) is 3.84. The molecule has 0 saturated heterocycles. The Balaban J connectivity index is 1.89. The Labute approximate surface area is 127 Å². The smallest absolute Gasteiger partial charge is 0.319 e. The molecule has 21 heavy (non-hydrogen) atoms. The molecule has 2 unspecified atom stereocenters. The Morgan fingerprint density at radius 2 is 2.14 bits per heavy atom. The number of nitrogens with one attached hydrogen (secondary N) is 2. The summed E-state index contributed by atoms with van der Waals surface area (Å²) >= 11 is 5.91. The molecule has 0 aromatic heterocycles. The molecule has 7 heteroatoms. The first-order valence-electron chi connectivity index (χ1n) is 6.63. The van der Waals surface area contributed by atoms with E-state index in [4.69, 9.17) is 21.4 Å². The molecule has 2 amide bonds. The van der Waals surface area contributed by atoms with Gasteiger partial charge in [0.05, 0.1) is 18.1 Å². The number of carbonyl (C=O) groups excluding carboxylic acids is 1. The summed E-state index contributed by atoms with van der Waals surface area (Å²) in [6.45, 7) is 0. The lowest BCUT2D eigenvalue weighted by Crippen LogP contribution is -2.36. The van der Waals surface area contributed by atoms with E-state index < -0.39 is 5.97 Å². The van der Waals surface area contributed by atoms with E-state index in [2.05, 4.69) is 10.6 Å². The number of carboxylic acid groups (broad SMARTS) is 1. The third-order valence-electron chi connectivity index (χ3n) is 3.53. The second kappa shape index (κ2) is 6.67. The van der Waals surface area contributed by atoms with Gasteiger partial charge in [-0.3, -0.25) is 4.79 Å². The minimum absolute atomic E-state index is 0.111. The van der Waals surface area contributed by atoms with Crippen LogP contribution in [0.2, 0.25) is 5.02 Å². The van der Waals surface area contributed by atoms with Gasteiger partial charge >= 0.3 is 12.0 Å². The third kappa shape index (κ3) is 4.01. The van der Waals surface area contributed by atoms with E-state index in [-0.39, 0.29) is 18.0 Å². The first-order valence-corrected chi connectivity index (χ1v) is 7.01. The van der Waals surface area contributed by atoms with Crippen molar-refractivity contribution in [3.63, 3.8) is 0 Å². The van der Waals surface area contributed by atoms with Crippen molar-refractivity contribution in [2.45, 2.75) is 25.3 Å². The van der Waals surface area contributed by atoms with Crippen molar-refractivity contribution in [2.75, 3.05) is 12.4 Å². The maximum atomic E-state index is 11.9. The van der Waals surface area contributed by atoms with E-state index >= 15 is 0 Å². The average molecular weight is 313 g/mol. The predicted molar refractivity (Wildman–Crippen MR) is 78.9 cm³/mol. The minimum atomic E-state index is -0.804. The summed E-state index contributed by atoms with van der Waals surface area (Å²) in [5.74, 6) is -0.700. The maximum absolute atomic E-state index is 11.9. The molecule has 0 spiro atoms. The van der Waals surface area contributed by atoms with Gasteiger partial charge in [0.2, 0.25) is 0 Å². The molecule has 6 nitrogen and oxygen atoms in total. The second-order valence-corrected chi connectivity index (χ2v) is 5.40. The Morgan fingerprint density at radius 1 is 1.38 bits per heavy atom. The van der Waals surface area contributed by atoms with E-state index in [0.717, 1.165) is 0 Å². The van der Waals surface area contributed by atoms with Crippen LogP contribution in [0.4, 0.5) is 10.5 Å². The summed E-state index contributed by atoms with van der Waals surface area (Å²) < 4.78 is 5.07. The fraction of sp³-hybridized carbons (Fsp3) is 0.429. The highest BCUT2D eigenvalue weighted by molar-refractivity contribution is 6.32. The molecular weight excluding hydrogens is 296 g/mol. The number of rotatable bonds is 4. The molecule has 0 bridgehead atoms. The van der Waals surface area contributed by atoms with Crippen molar-refractivity contribution in [1.29, 1.82) is 0 Å². The van der Waals surface area contributed by atoms with Crippen LogP contribution < -0.4 is 15.4 Å². The SMILES string of the molecule is COc1cc(NC(=O)NC2CCC(C(=O)O)C2)ccc1Cl. The molecule has 2 rings (SSSR count). The number of methoxy groups -OCH3 is 1. The van der Waals surface area contributed by atoms with Gasteiger partial charge in [0.25, 0.3) is 0 Å². The highest BCUT2D eigenvalue weighted by Gasteiger charge is 2.30. The first-order chi connectivity index (χ1) is 9.99. The molecule has 114 valence electrons. The van der Waals surface area contributed by atoms with Crippen LogP contribution in [0.5, 0.6) is 5.75 Å². The van der Waals surface area contributed by atoms with Gasteiger partial charge in [0.1, 0.15) is 5.75 Å². The summed E-state index contributed by atoms with van der Waals surface area (Å²) in [7, 11) is 1.50. The maximum Gasteiger partial charge on any atom is 0.319 e. The molecule has 1 aromatic rings. The molecule has 1 aliphatic carbocycles. The van der Waals surface area contributed by atoms with Crippen molar-refractivity contribution in [2.24, 2.45) is 5.92 Å². The summed E-state index contributed by atoms with van der Waals surface area (Å²) in [6.07, 6.45) is 1.73. The number of anilines is 1. The Kier molecular flexibility index (Phi) is 4.90. The van der Waals surface area contributed by atoms with Crippen LogP contribution in [0.1, 0.15) is 19.3 Å². The number of halogens is 1. The van der Waals surface area contributed by atoms with E-state index in [1.165, 1.54) is 7.11 Å². The number of ether oxygens (including phenoxy) is 1. The quantitative estimate of drug-likeness (QED) is 0.797. The minimum Gasteiger partial charge on any atom is -0.495 e. The normalized spacial score (nSPS) is 20.9. The van der Waals surface area contributed by atoms with Crippen LogP contribution in [0.3, 0.4) is 0 Å². The van der Waals surface area contributed by atoms with Crippen molar-refractivity contribution in [3.8, 4) is 5.75 Å². The van der Waals surface area contributed by atoms with E-state index in [1.54, 1.807) is 18.2 Å². The number of carboxylic acids is 1. The molecule has 3 N–H and O–H groups in total. The Hall–Kier alpha value is -1.95. The van der Waals surface area contributed by atoms with E-state index in [9.17, 15) is 9.59 Å². The van der Waals surface area contributed by atoms with Gasteiger partial charge in [0.15, 0.2) is 0 Å². The standard InChI is InChI=1S/C14H17ClN2O4/c1-21-12-7-10(4-5-11(12)15)17-14(20)16-9-3-2-8(6-9)13(18)19/h4-5,7-9H,2-3,6H2,1H3,(H,18,19)(H2,16,17,20). The highest BCUT2D eigenvalue weighted by atomic mass is 35.5. The van der Waals surface area contributed by atoms with Crippen LogP contribution in [0.25, 0.3) is 0 Å². The molecule has 0 radical (unpaired) electrons. The van der Waals surface area contributed by atoms with Crippen molar-refractivity contribution < 1.29 is 19.4 Å². The van der Waals surface area contributed by atoms with Gasteiger partial charge in [-0.25, -0.2) is 4.79 Å². The molecule has 1 aromatic carbocycles. The van der Waals surface area contributed by atoms with Gasteiger partial charge in [-0.15, -0.1) is 0 Å². The Bertz CT molecular complexity index is 550. The largest absolute Gasteiger partial charge is 0.495 e. The molecule has 1 fully saturated rings. The fourth-order valence-corrected chi connectivity index (χ4v) is 2.62. The molecule has 0 aliphatic heterocycles. The van der Waals surface area contributed by atoms with Crippen molar-refractivity contribution in [3.05, 3.63) is 23.2 Å². The fourth-order valence-electron chi connectivity index (χ4n) is 2.43. The lowest BCUT2D eigenvalue weighted by molar-refractivity contribution is -0.141. The van der Waals surface area contributed by atoms with E-state index in [0.29, 0.717) is 35.7 Å². The predicted octanol–water partition coefficient (Wildman–Crippen LogP) is 2.72. The first kappa shape index (κ1) is 15.4. The van der Waals surface area contributed by atoms with Crippen molar-refractivity contribution in [1.82, 2.24) is 5.32 Å². The molecular formula is C14H17ClN2O4. The number of hydrogen-bond donors (Lipinski definition) is 3. The molecule has 0 heterocycles. The van der Waals surface area contributed by atoms with Crippen LogP contribution in [-0.4, -0.2) is 30.3 Å². The summed E-state index contributed by atoms with van der Waals surface area (Å²) in [6, 6.07) is 4.44. The van der Waals surface area contributed by atoms with Crippen LogP contribution in [0, 0.1) is 5.92 Å². The summed E-state index contributed by atoms with van der Waals surface area (Å²) in [4.78, 5) is 22.8. The van der Waals surface area contributed by atoms with Gasteiger partial charge < -0.3 is 20.5 Å².